The van der Waals surface area contributed by atoms with Crippen molar-refractivity contribution in [3.05, 3.63) is 12.2 Å². The third-order valence-corrected chi connectivity index (χ3v) is 3.95. The highest BCUT2D eigenvalue weighted by atomic mass is 16.5. The maximum Gasteiger partial charge on any atom is 0.308 e. The van der Waals surface area contributed by atoms with Gasteiger partial charge in [-0.15, -0.1) is 0 Å². The molecule has 0 bridgehead atoms. The van der Waals surface area contributed by atoms with Gasteiger partial charge in [-0.3, -0.25) is 24.1 Å². The minimum atomic E-state index is -0.600. The number of rotatable bonds is 6. The summed E-state index contributed by atoms with van der Waals surface area (Å²) in [6, 6.07) is -0.0296. The van der Waals surface area contributed by atoms with Gasteiger partial charge < -0.3 is 10.1 Å². The SMILES string of the molecule is CC(C)NC(=O)COC(=O)CCN1C(=O)[C@H]2CC=CC[C@H]2C1=O. The van der Waals surface area contributed by atoms with E-state index in [4.69, 9.17) is 4.74 Å². The number of amides is 3. The molecule has 2 aliphatic rings. The van der Waals surface area contributed by atoms with Crippen LogP contribution in [0.5, 0.6) is 0 Å². The van der Waals surface area contributed by atoms with Crippen molar-refractivity contribution in [1.82, 2.24) is 10.2 Å². The molecule has 0 radical (unpaired) electrons. The molecule has 1 heterocycles. The number of nitrogens with one attached hydrogen (secondary N) is 1. The van der Waals surface area contributed by atoms with Gasteiger partial charge in [-0.1, -0.05) is 12.2 Å². The number of imide groups is 1. The maximum atomic E-state index is 12.2. The Morgan fingerprint density at radius 3 is 2.30 bits per heavy atom. The summed E-state index contributed by atoms with van der Waals surface area (Å²) < 4.78 is 4.84. The normalized spacial score (nSPS) is 23.2. The summed E-state index contributed by atoms with van der Waals surface area (Å²) in [6.07, 6.45) is 4.88. The number of carbonyl (C=O) groups is 4. The molecule has 0 aromatic heterocycles. The van der Waals surface area contributed by atoms with Crippen LogP contribution in [0, 0.1) is 11.8 Å². The van der Waals surface area contributed by atoms with Gasteiger partial charge in [-0.05, 0) is 26.7 Å². The van der Waals surface area contributed by atoms with Crippen LogP contribution in [-0.4, -0.2) is 47.8 Å². The molecule has 1 aliphatic heterocycles. The second-order valence-corrected chi connectivity index (χ2v) is 6.12. The largest absolute Gasteiger partial charge is 0.456 e. The molecular formula is C16H22N2O5. The van der Waals surface area contributed by atoms with E-state index in [0.29, 0.717) is 12.8 Å². The van der Waals surface area contributed by atoms with Gasteiger partial charge in [0.25, 0.3) is 5.91 Å². The van der Waals surface area contributed by atoms with Gasteiger partial charge >= 0.3 is 5.97 Å². The first kappa shape index (κ1) is 17.2. The molecule has 1 fully saturated rings. The number of fused-ring (bicyclic) bond motifs is 1. The average molecular weight is 322 g/mol. The van der Waals surface area contributed by atoms with Crippen molar-refractivity contribution in [1.29, 1.82) is 0 Å². The number of carbonyl (C=O) groups excluding carboxylic acids is 4. The van der Waals surface area contributed by atoms with Crippen LogP contribution >= 0.6 is 0 Å². The standard InChI is InChI=1S/C16H22N2O5/c1-10(2)17-13(19)9-23-14(20)7-8-18-15(21)11-5-3-4-6-12(11)16(18)22/h3-4,10-12H,5-9H2,1-2H3,(H,17,19)/t11-,12+. The number of allylic oxidation sites excluding steroid dienone is 2. The fourth-order valence-corrected chi connectivity index (χ4v) is 2.87. The van der Waals surface area contributed by atoms with E-state index >= 15 is 0 Å². The summed E-state index contributed by atoms with van der Waals surface area (Å²) in [4.78, 5) is 48.6. The van der Waals surface area contributed by atoms with Crippen LogP contribution in [0.4, 0.5) is 0 Å². The molecule has 0 aromatic carbocycles. The van der Waals surface area contributed by atoms with Gasteiger partial charge in [0, 0.05) is 12.6 Å². The van der Waals surface area contributed by atoms with Crippen molar-refractivity contribution >= 4 is 23.7 Å². The predicted molar refractivity (Wildman–Crippen MR) is 80.9 cm³/mol. The fraction of sp³-hybridized carbons (Fsp3) is 0.625. The minimum absolute atomic E-state index is 0.00923. The summed E-state index contributed by atoms with van der Waals surface area (Å²) >= 11 is 0. The molecule has 3 amide bonds. The molecule has 23 heavy (non-hydrogen) atoms. The van der Waals surface area contributed by atoms with E-state index in [1.165, 1.54) is 0 Å². The molecule has 0 spiro atoms. The lowest BCUT2D eigenvalue weighted by Gasteiger charge is -2.14. The molecule has 7 heteroatoms. The lowest BCUT2D eigenvalue weighted by atomic mass is 9.85. The Bertz CT molecular complexity index is 515. The topological polar surface area (TPSA) is 92.8 Å². The van der Waals surface area contributed by atoms with Crippen molar-refractivity contribution < 1.29 is 23.9 Å². The van der Waals surface area contributed by atoms with Crippen molar-refractivity contribution in [2.75, 3.05) is 13.2 Å². The van der Waals surface area contributed by atoms with Crippen LogP contribution in [0.3, 0.4) is 0 Å². The van der Waals surface area contributed by atoms with E-state index in [-0.39, 0.29) is 55.2 Å². The van der Waals surface area contributed by atoms with E-state index in [9.17, 15) is 19.2 Å². The van der Waals surface area contributed by atoms with Crippen molar-refractivity contribution in [2.45, 2.75) is 39.2 Å². The summed E-state index contributed by atoms with van der Waals surface area (Å²) in [5.74, 6) is -1.98. The molecule has 0 aromatic rings. The number of hydrogen-bond donors (Lipinski definition) is 1. The number of hydrogen-bond acceptors (Lipinski definition) is 5. The van der Waals surface area contributed by atoms with E-state index < -0.39 is 5.97 Å². The van der Waals surface area contributed by atoms with Crippen LogP contribution in [0.25, 0.3) is 0 Å². The van der Waals surface area contributed by atoms with E-state index in [1.807, 2.05) is 12.2 Å². The number of esters is 1. The zero-order chi connectivity index (χ0) is 17.0. The highest BCUT2D eigenvalue weighted by molar-refractivity contribution is 6.05. The maximum absolute atomic E-state index is 12.2. The first-order valence-corrected chi connectivity index (χ1v) is 7.85. The fourth-order valence-electron chi connectivity index (χ4n) is 2.87. The Hall–Kier alpha value is -2.18. The number of likely N-dealkylation sites (tertiary alicyclic amines) is 1. The first-order chi connectivity index (χ1) is 10.9. The Morgan fingerprint density at radius 2 is 1.78 bits per heavy atom. The third-order valence-electron chi connectivity index (χ3n) is 3.95. The summed E-state index contributed by atoms with van der Waals surface area (Å²) in [7, 11) is 0. The van der Waals surface area contributed by atoms with Crippen molar-refractivity contribution in [3.8, 4) is 0 Å². The molecule has 1 N–H and O–H groups in total. The molecule has 7 nitrogen and oxygen atoms in total. The van der Waals surface area contributed by atoms with Gasteiger partial charge in [0.05, 0.1) is 18.3 Å². The van der Waals surface area contributed by atoms with Crippen LogP contribution in [0.15, 0.2) is 12.2 Å². The van der Waals surface area contributed by atoms with E-state index in [0.717, 1.165) is 4.90 Å². The Kier molecular flexibility index (Phi) is 5.52. The lowest BCUT2D eigenvalue weighted by Crippen LogP contribution is -2.35. The first-order valence-electron chi connectivity index (χ1n) is 7.85. The van der Waals surface area contributed by atoms with E-state index in [1.54, 1.807) is 13.8 Å². The second kappa shape index (κ2) is 7.39. The van der Waals surface area contributed by atoms with Crippen LogP contribution < -0.4 is 5.32 Å². The van der Waals surface area contributed by atoms with Gasteiger partial charge in [-0.25, -0.2) is 0 Å². The smallest absolute Gasteiger partial charge is 0.308 e. The molecule has 2 atom stereocenters. The average Bonchev–Trinajstić information content (AvgIpc) is 2.75. The minimum Gasteiger partial charge on any atom is -0.456 e. The molecule has 1 aliphatic carbocycles. The Balaban J connectivity index is 1.77. The van der Waals surface area contributed by atoms with Crippen LogP contribution in [-0.2, 0) is 23.9 Å². The van der Waals surface area contributed by atoms with Crippen LogP contribution in [0.2, 0.25) is 0 Å². The monoisotopic (exact) mass is 322 g/mol. The highest BCUT2D eigenvalue weighted by Crippen LogP contribution is 2.34. The molecule has 2 rings (SSSR count). The van der Waals surface area contributed by atoms with Crippen LogP contribution in [0.1, 0.15) is 33.1 Å². The number of nitrogens with zero attached hydrogens (tertiary/aromatic N) is 1. The van der Waals surface area contributed by atoms with Crippen molar-refractivity contribution in [2.24, 2.45) is 11.8 Å². The zero-order valence-electron chi connectivity index (χ0n) is 13.4. The number of ether oxygens (including phenoxy) is 1. The molecule has 0 saturated carbocycles. The van der Waals surface area contributed by atoms with Crippen molar-refractivity contribution in [3.63, 3.8) is 0 Å². The molecule has 0 unspecified atom stereocenters. The summed E-state index contributed by atoms with van der Waals surface area (Å²) in [5.41, 5.74) is 0. The Labute approximate surface area is 135 Å². The quantitative estimate of drug-likeness (QED) is 0.434. The molecule has 1 saturated heterocycles. The van der Waals surface area contributed by atoms with Gasteiger partial charge in [0.1, 0.15) is 0 Å². The van der Waals surface area contributed by atoms with E-state index in [2.05, 4.69) is 5.32 Å². The third kappa shape index (κ3) is 4.18. The van der Waals surface area contributed by atoms with Gasteiger partial charge in [-0.2, -0.15) is 0 Å². The zero-order valence-corrected chi connectivity index (χ0v) is 13.4. The second-order valence-electron chi connectivity index (χ2n) is 6.12. The Morgan fingerprint density at radius 1 is 1.22 bits per heavy atom. The van der Waals surface area contributed by atoms with Gasteiger partial charge in [0.15, 0.2) is 6.61 Å². The summed E-state index contributed by atoms with van der Waals surface area (Å²) in [5, 5.41) is 2.60. The van der Waals surface area contributed by atoms with Gasteiger partial charge in [0.2, 0.25) is 11.8 Å². The lowest BCUT2D eigenvalue weighted by molar-refractivity contribution is -0.150. The predicted octanol–water partition coefficient (Wildman–Crippen LogP) is 0.395. The summed E-state index contributed by atoms with van der Waals surface area (Å²) in [6.45, 7) is 3.26. The molecular weight excluding hydrogens is 300 g/mol. The molecule has 126 valence electrons. The highest BCUT2D eigenvalue weighted by Gasteiger charge is 2.46.